The molecule has 1 aromatic rings. The van der Waals surface area contributed by atoms with Crippen molar-refractivity contribution in [3.63, 3.8) is 0 Å². The topological polar surface area (TPSA) is 101 Å². The summed E-state index contributed by atoms with van der Waals surface area (Å²) in [4.78, 5) is 9.11. The fourth-order valence-electron chi connectivity index (χ4n) is 1.93. The Balaban J connectivity index is 2.39. The maximum atomic E-state index is 13.4. The van der Waals surface area contributed by atoms with Crippen molar-refractivity contribution in [2.75, 3.05) is 13.1 Å². The molecule has 0 aliphatic carbocycles. The zero-order chi connectivity index (χ0) is 14.0. The van der Waals surface area contributed by atoms with Gasteiger partial charge in [-0.1, -0.05) is 6.07 Å². The predicted octanol–water partition coefficient (Wildman–Crippen LogP) is 0.374. The lowest BCUT2D eigenvalue weighted by Crippen LogP contribution is -2.36. The van der Waals surface area contributed by atoms with Crippen molar-refractivity contribution >= 4 is 15.7 Å². The van der Waals surface area contributed by atoms with Crippen LogP contribution < -0.4 is 10.0 Å². The molecule has 1 aliphatic heterocycles. The fraction of sp³-hybridized carbons (Fsp3) is 0.400. The highest BCUT2D eigenvalue weighted by Crippen LogP contribution is 2.26. The van der Waals surface area contributed by atoms with Gasteiger partial charge in [0.05, 0.1) is 4.92 Å². The van der Waals surface area contributed by atoms with Crippen LogP contribution >= 0.6 is 0 Å². The third-order valence-electron chi connectivity index (χ3n) is 2.80. The molecule has 104 valence electrons. The van der Waals surface area contributed by atoms with Crippen molar-refractivity contribution < 1.29 is 17.7 Å². The van der Waals surface area contributed by atoms with Crippen molar-refractivity contribution in [2.24, 2.45) is 0 Å². The lowest BCUT2D eigenvalue weighted by Gasteiger charge is -2.12. The molecular formula is C10H12FN3O4S. The van der Waals surface area contributed by atoms with E-state index in [0.717, 1.165) is 18.2 Å². The molecule has 1 unspecified atom stereocenters. The van der Waals surface area contributed by atoms with Crippen LogP contribution in [0.2, 0.25) is 0 Å². The van der Waals surface area contributed by atoms with E-state index in [-0.39, 0.29) is 6.04 Å². The van der Waals surface area contributed by atoms with Gasteiger partial charge in [-0.05, 0) is 25.1 Å². The molecule has 2 N–H and O–H groups in total. The number of nitrogens with zero attached hydrogens (tertiary/aromatic N) is 1. The van der Waals surface area contributed by atoms with Crippen LogP contribution in [0, 0.1) is 15.9 Å². The minimum Gasteiger partial charge on any atom is -0.315 e. The quantitative estimate of drug-likeness (QED) is 0.616. The van der Waals surface area contributed by atoms with Gasteiger partial charge in [0, 0.05) is 12.6 Å². The van der Waals surface area contributed by atoms with Gasteiger partial charge in [0.25, 0.3) is 0 Å². The number of hydrogen-bond acceptors (Lipinski definition) is 5. The van der Waals surface area contributed by atoms with Gasteiger partial charge in [0.15, 0.2) is 4.90 Å². The third kappa shape index (κ3) is 2.88. The zero-order valence-corrected chi connectivity index (χ0v) is 10.6. The first-order valence-corrected chi connectivity index (χ1v) is 7.06. The second-order valence-corrected chi connectivity index (χ2v) is 5.84. The van der Waals surface area contributed by atoms with Crippen molar-refractivity contribution in [1.82, 2.24) is 10.0 Å². The molecule has 1 saturated heterocycles. The summed E-state index contributed by atoms with van der Waals surface area (Å²) in [5.41, 5.74) is -1.03. The van der Waals surface area contributed by atoms with E-state index in [2.05, 4.69) is 10.0 Å². The summed E-state index contributed by atoms with van der Waals surface area (Å²) in [7, 11) is -4.11. The summed E-state index contributed by atoms with van der Waals surface area (Å²) in [6.45, 7) is 1.11. The molecule has 0 saturated carbocycles. The maximum Gasteiger partial charge on any atom is 0.324 e. The monoisotopic (exact) mass is 289 g/mol. The van der Waals surface area contributed by atoms with Crippen molar-refractivity contribution in [3.05, 3.63) is 34.1 Å². The zero-order valence-electron chi connectivity index (χ0n) is 9.80. The highest BCUT2D eigenvalue weighted by Gasteiger charge is 2.31. The first-order valence-electron chi connectivity index (χ1n) is 5.58. The molecule has 0 amide bonds. The van der Waals surface area contributed by atoms with Crippen LogP contribution in [0.25, 0.3) is 0 Å². The average molecular weight is 289 g/mol. The first-order chi connectivity index (χ1) is 8.92. The van der Waals surface area contributed by atoms with E-state index >= 15 is 0 Å². The van der Waals surface area contributed by atoms with Crippen molar-refractivity contribution in [1.29, 1.82) is 0 Å². The Kier molecular flexibility index (Phi) is 3.78. The number of benzene rings is 1. The second kappa shape index (κ2) is 5.19. The number of rotatable bonds is 4. The van der Waals surface area contributed by atoms with E-state index in [1.807, 2.05) is 0 Å². The molecular weight excluding hydrogens is 277 g/mol. The normalized spacial score (nSPS) is 19.5. The minimum absolute atomic E-state index is 0.340. The number of hydrogen-bond donors (Lipinski definition) is 2. The Morgan fingerprint density at radius 1 is 1.47 bits per heavy atom. The van der Waals surface area contributed by atoms with Gasteiger partial charge in [-0.2, -0.15) is 4.39 Å². The van der Waals surface area contributed by atoms with Gasteiger partial charge >= 0.3 is 5.69 Å². The highest BCUT2D eigenvalue weighted by molar-refractivity contribution is 7.89. The Morgan fingerprint density at radius 2 is 2.21 bits per heavy atom. The molecule has 1 aliphatic rings. The van der Waals surface area contributed by atoms with Gasteiger partial charge in [0.2, 0.25) is 15.8 Å². The van der Waals surface area contributed by atoms with Crippen LogP contribution in [0.1, 0.15) is 6.42 Å². The molecule has 9 heteroatoms. The van der Waals surface area contributed by atoms with E-state index in [9.17, 15) is 22.9 Å². The number of nitro groups is 1. The molecule has 1 fully saturated rings. The summed E-state index contributed by atoms with van der Waals surface area (Å²) in [6, 6.07) is 2.66. The van der Waals surface area contributed by atoms with E-state index in [1.165, 1.54) is 0 Å². The molecule has 1 aromatic carbocycles. The van der Waals surface area contributed by atoms with E-state index in [0.29, 0.717) is 19.5 Å². The number of sulfonamides is 1. The molecule has 1 heterocycles. The van der Waals surface area contributed by atoms with Gasteiger partial charge < -0.3 is 5.32 Å². The van der Waals surface area contributed by atoms with E-state index in [4.69, 9.17) is 0 Å². The largest absolute Gasteiger partial charge is 0.324 e. The predicted molar refractivity (Wildman–Crippen MR) is 64.7 cm³/mol. The Hall–Kier alpha value is -1.58. The standard InChI is InChI=1S/C10H12FN3O4S/c11-8-2-1-3-9(10(8)14(15)16)19(17,18)13-7-4-5-12-6-7/h1-3,7,12-13H,4-6H2. The molecule has 0 aromatic heterocycles. The summed E-state index contributed by atoms with van der Waals surface area (Å²) in [6.07, 6.45) is 0.586. The second-order valence-electron chi connectivity index (χ2n) is 4.15. The third-order valence-corrected chi connectivity index (χ3v) is 4.36. The number of halogens is 1. The van der Waals surface area contributed by atoms with Gasteiger partial charge in [-0.3, -0.25) is 10.1 Å². The Morgan fingerprint density at radius 3 is 2.79 bits per heavy atom. The summed E-state index contributed by atoms with van der Waals surface area (Å²) < 4.78 is 39.8. The molecule has 0 spiro atoms. The summed E-state index contributed by atoms with van der Waals surface area (Å²) in [5.74, 6) is -1.17. The Bertz CT molecular complexity index is 599. The van der Waals surface area contributed by atoms with Gasteiger partial charge in [-0.15, -0.1) is 0 Å². The average Bonchev–Trinajstić information content (AvgIpc) is 2.80. The van der Waals surface area contributed by atoms with Gasteiger partial charge in [-0.25, -0.2) is 13.1 Å². The SMILES string of the molecule is O=[N+]([O-])c1c(F)cccc1S(=O)(=O)NC1CCNC1. The van der Waals surface area contributed by atoms with E-state index in [1.54, 1.807) is 0 Å². The molecule has 2 rings (SSSR count). The number of nitrogens with one attached hydrogen (secondary N) is 2. The van der Waals surface area contributed by atoms with Gasteiger partial charge in [0.1, 0.15) is 0 Å². The maximum absolute atomic E-state index is 13.4. The highest BCUT2D eigenvalue weighted by atomic mass is 32.2. The fourth-order valence-corrected chi connectivity index (χ4v) is 3.38. The first kappa shape index (κ1) is 13.8. The van der Waals surface area contributed by atoms with Crippen LogP contribution in [0.5, 0.6) is 0 Å². The van der Waals surface area contributed by atoms with E-state index < -0.39 is 31.3 Å². The van der Waals surface area contributed by atoms with Crippen molar-refractivity contribution in [2.45, 2.75) is 17.4 Å². The summed E-state index contributed by atoms with van der Waals surface area (Å²) >= 11 is 0. The van der Waals surface area contributed by atoms with Crippen molar-refractivity contribution in [3.8, 4) is 0 Å². The van der Waals surface area contributed by atoms with Crippen LogP contribution in [-0.2, 0) is 10.0 Å². The molecule has 1 atom stereocenters. The Labute approximate surface area is 109 Å². The lowest BCUT2D eigenvalue weighted by atomic mass is 10.3. The molecule has 0 radical (unpaired) electrons. The molecule has 19 heavy (non-hydrogen) atoms. The molecule has 7 nitrogen and oxygen atoms in total. The summed E-state index contributed by atoms with van der Waals surface area (Å²) in [5, 5.41) is 13.7. The minimum atomic E-state index is -4.11. The number of para-hydroxylation sites is 1. The van der Waals surface area contributed by atoms with Crippen LogP contribution in [0.3, 0.4) is 0 Å². The van der Waals surface area contributed by atoms with Crippen LogP contribution in [0.15, 0.2) is 23.1 Å². The number of nitro benzene ring substituents is 1. The smallest absolute Gasteiger partial charge is 0.315 e. The van der Waals surface area contributed by atoms with Crippen LogP contribution in [-0.4, -0.2) is 32.5 Å². The molecule has 0 bridgehead atoms. The van der Waals surface area contributed by atoms with Crippen LogP contribution in [0.4, 0.5) is 10.1 Å². The lowest BCUT2D eigenvalue weighted by molar-refractivity contribution is -0.390.